The third-order valence-electron chi connectivity index (χ3n) is 3.14. The summed E-state index contributed by atoms with van der Waals surface area (Å²) in [7, 11) is -3.26. The van der Waals surface area contributed by atoms with Crippen LogP contribution in [-0.4, -0.2) is 60.9 Å². The summed E-state index contributed by atoms with van der Waals surface area (Å²) in [5.41, 5.74) is 5.17. The molecule has 2 rings (SSSR count). The monoisotopic (exact) mass is 302 g/mol. The van der Waals surface area contributed by atoms with Gasteiger partial charge in [-0.3, -0.25) is 4.79 Å². The lowest BCUT2D eigenvalue weighted by Gasteiger charge is -2.33. The van der Waals surface area contributed by atoms with Crippen LogP contribution in [0.2, 0.25) is 0 Å². The molecule has 0 unspecified atom stereocenters. The van der Waals surface area contributed by atoms with Crippen LogP contribution in [0.5, 0.6) is 0 Å². The van der Waals surface area contributed by atoms with Gasteiger partial charge < -0.3 is 10.6 Å². The van der Waals surface area contributed by atoms with Crippen molar-refractivity contribution >= 4 is 21.7 Å². The zero-order valence-electron chi connectivity index (χ0n) is 10.9. The minimum atomic E-state index is -3.26. The lowest BCUT2D eigenvalue weighted by Crippen LogP contribution is -2.50. The van der Waals surface area contributed by atoms with Gasteiger partial charge >= 0.3 is 0 Å². The maximum absolute atomic E-state index is 13.7. The van der Waals surface area contributed by atoms with E-state index in [1.807, 2.05) is 0 Å². The van der Waals surface area contributed by atoms with Crippen molar-refractivity contribution in [3.05, 3.63) is 23.6 Å². The highest BCUT2D eigenvalue weighted by molar-refractivity contribution is 7.88. The minimum Gasteiger partial charge on any atom is -0.381 e. The van der Waals surface area contributed by atoms with Gasteiger partial charge in [0, 0.05) is 32.4 Å². The van der Waals surface area contributed by atoms with E-state index in [9.17, 15) is 17.6 Å². The van der Waals surface area contributed by atoms with Crippen LogP contribution >= 0.6 is 0 Å². The van der Waals surface area contributed by atoms with E-state index < -0.39 is 21.7 Å². The number of hydrogen-bond donors (Lipinski definition) is 1. The van der Waals surface area contributed by atoms with Gasteiger partial charge in [-0.15, -0.1) is 0 Å². The van der Waals surface area contributed by atoms with Crippen LogP contribution < -0.4 is 5.73 Å². The normalized spacial score (nSPS) is 17.2. The van der Waals surface area contributed by atoms with E-state index in [0.717, 1.165) is 6.26 Å². The molecule has 1 fully saturated rings. The Kier molecular flexibility index (Phi) is 3.91. The molecular formula is C11H15FN4O3S. The predicted octanol–water partition coefficient (Wildman–Crippen LogP) is -0.480. The topological polar surface area (TPSA) is 96.6 Å². The first-order valence-electron chi connectivity index (χ1n) is 5.95. The van der Waals surface area contributed by atoms with Crippen LogP contribution in [0.1, 0.15) is 10.4 Å². The molecule has 9 heteroatoms. The molecule has 1 aromatic rings. The fourth-order valence-electron chi connectivity index (χ4n) is 2.02. The Balaban J connectivity index is 2.11. The Morgan fingerprint density at radius 3 is 2.50 bits per heavy atom. The van der Waals surface area contributed by atoms with E-state index in [0.29, 0.717) is 0 Å². The third-order valence-corrected chi connectivity index (χ3v) is 4.44. The van der Waals surface area contributed by atoms with Crippen molar-refractivity contribution in [2.75, 3.05) is 38.2 Å². The van der Waals surface area contributed by atoms with Crippen molar-refractivity contribution in [2.24, 2.45) is 0 Å². The molecule has 2 N–H and O–H groups in total. The van der Waals surface area contributed by atoms with Gasteiger partial charge in [-0.05, 0) is 6.07 Å². The largest absolute Gasteiger partial charge is 0.381 e. The van der Waals surface area contributed by atoms with Gasteiger partial charge in [0.1, 0.15) is 0 Å². The first-order valence-corrected chi connectivity index (χ1v) is 7.80. The fourth-order valence-corrected chi connectivity index (χ4v) is 2.84. The summed E-state index contributed by atoms with van der Waals surface area (Å²) in [5.74, 6) is -1.68. The Morgan fingerprint density at radius 1 is 1.35 bits per heavy atom. The number of piperazine rings is 1. The molecule has 1 aromatic heterocycles. The first-order chi connectivity index (χ1) is 9.30. The highest BCUT2D eigenvalue weighted by Gasteiger charge is 2.28. The van der Waals surface area contributed by atoms with Crippen molar-refractivity contribution in [2.45, 2.75) is 0 Å². The number of aromatic nitrogens is 1. The van der Waals surface area contributed by atoms with Gasteiger partial charge in [0.15, 0.2) is 11.6 Å². The molecule has 0 atom stereocenters. The van der Waals surface area contributed by atoms with Gasteiger partial charge in [-0.1, -0.05) is 0 Å². The van der Waals surface area contributed by atoms with Crippen LogP contribution in [0, 0.1) is 5.82 Å². The number of hydrogen-bond acceptors (Lipinski definition) is 5. The summed E-state index contributed by atoms with van der Waals surface area (Å²) < 4.78 is 37.8. The van der Waals surface area contributed by atoms with Gasteiger partial charge in [0.25, 0.3) is 5.91 Å². The number of amides is 1. The Morgan fingerprint density at radius 2 is 1.95 bits per heavy atom. The smallest absolute Gasteiger partial charge is 0.257 e. The zero-order valence-corrected chi connectivity index (χ0v) is 11.7. The van der Waals surface area contributed by atoms with Crippen molar-refractivity contribution in [3.63, 3.8) is 0 Å². The average Bonchev–Trinajstić information content (AvgIpc) is 2.40. The Bertz CT molecular complexity index is 627. The molecule has 110 valence electrons. The molecule has 1 amide bonds. The summed E-state index contributed by atoms with van der Waals surface area (Å²) in [5, 5.41) is 0. The summed E-state index contributed by atoms with van der Waals surface area (Å²) >= 11 is 0. The number of carbonyl (C=O) groups is 1. The van der Waals surface area contributed by atoms with E-state index in [2.05, 4.69) is 4.98 Å². The maximum atomic E-state index is 13.7. The molecule has 0 aliphatic carbocycles. The summed E-state index contributed by atoms with van der Waals surface area (Å²) in [6, 6.07) is 1.26. The number of nitrogens with two attached hydrogens (primary N) is 1. The number of halogens is 1. The van der Waals surface area contributed by atoms with Crippen LogP contribution in [0.25, 0.3) is 0 Å². The number of carbonyl (C=O) groups excluding carboxylic acids is 1. The lowest BCUT2D eigenvalue weighted by atomic mass is 10.2. The van der Waals surface area contributed by atoms with Crippen LogP contribution in [0.3, 0.4) is 0 Å². The molecule has 0 bridgehead atoms. The highest BCUT2D eigenvalue weighted by atomic mass is 32.2. The van der Waals surface area contributed by atoms with Crippen LogP contribution in [0.4, 0.5) is 10.2 Å². The predicted molar refractivity (Wildman–Crippen MR) is 70.9 cm³/mol. The summed E-state index contributed by atoms with van der Waals surface area (Å²) in [6.07, 6.45) is 2.38. The number of pyridine rings is 1. The van der Waals surface area contributed by atoms with Crippen molar-refractivity contribution in [1.82, 2.24) is 14.2 Å². The van der Waals surface area contributed by atoms with E-state index in [4.69, 9.17) is 5.73 Å². The maximum Gasteiger partial charge on any atom is 0.257 e. The van der Waals surface area contributed by atoms with E-state index >= 15 is 0 Å². The SMILES string of the molecule is CS(=O)(=O)N1CCN(C(=O)c2ccnc(N)c2F)CC1. The Hall–Kier alpha value is -1.74. The molecule has 0 radical (unpaired) electrons. The molecule has 20 heavy (non-hydrogen) atoms. The highest BCUT2D eigenvalue weighted by Crippen LogP contribution is 2.16. The van der Waals surface area contributed by atoms with Crippen LogP contribution in [0.15, 0.2) is 12.3 Å². The van der Waals surface area contributed by atoms with E-state index in [1.54, 1.807) is 0 Å². The second-order valence-electron chi connectivity index (χ2n) is 4.51. The molecular weight excluding hydrogens is 287 g/mol. The standard InChI is InChI=1S/C11H15FN4O3S/c1-20(18,19)16-6-4-15(5-7-16)11(17)8-2-3-14-10(13)9(8)12/h2-3H,4-7H2,1H3,(H2,13,14). The number of rotatable bonds is 2. The van der Waals surface area contributed by atoms with Gasteiger partial charge in [0.05, 0.1) is 11.8 Å². The summed E-state index contributed by atoms with van der Waals surface area (Å²) in [4.78, 5) is 17.1. The fraction of sp³-hybridized carbons (Fsp3) is 0.455. The lowest BCUT2D eigenvalue weighted by molar-refractivity contribution is 0.0693. The van der Waals surface area contributed by atoms with Crippen molar-refractivity contribution in [1.29, 1.82) is 0 Å². The van der Waals surface area contributed by atoms with Crippen molar-refractivity contribution in [3.8, 4) is 0 Å². The second kappa shape index (κ2) is 5.33. The number of nitrogens with zero attached hydrogens (tertiary/aromatic N) is 3. The number of nitrogen functional groups attached to an aromatic ring is 1. The number of anilines is 1. The third kappa shape index (κ3) is 2.88. The first kappa shape index (κ1) is 14.7. The molecule has 0 spiro atoms. The van der Waals surface area contributed by atoms with Crippen LogP contribution in [-0.2, 0) is 10.0 Å². The molecule has 1 saturated heterocycles. The quantitative estimate of drug-likeness (QED) is 0.796. The Labute approximate surface area is 116 Å². The zero-order chi connectivity index (χ0) is 14.9. The number of sulfonamides is 1. The molecule has 2 heterocycles. The molecule has 7 nitrogen and oxygen atoms in total. The second-order valence-corrected chi connectivity index (χ2v) is 6.49. The summed E-state index contributed by atoms with van der Waals surface area (Å²) in [6.45, 7) is 0.834. The molecule has 1 aliphatic rings. The molecule has 1 aliphatic heterocycles. The minimum absolute atomic E-state index is 0.148. The van der Waals surface area contributed by atoms with E-state index in [1.165, 1.54) is 21.5 Å². The van der Waals surface area contributed by atoms with Gasteiger partial charge in [-0.25, -0.2) is 17.8 Å². The van der Waals surface area contributed by atoms with Crippen molar-refractivity contribution < 1.29 is 17.6 Å². The van der Waals surface area contributed by atoms with Gasteiger partial charge in [-0.2, -0.15) is 4.31 Å². The van der Waals surface area contributed by atoms with Gasteiger partial charge in [0.2, 0.25) is 10.0 Å². The van der Waals surface area contributed by atoms with E-state index in [-0.39, 0.29) is 37.6 Å². The molecule has 0 saturated carbocycles. The molecule has 0 aromatic carbocycles. The average molecular weight is 302 g/mol.